The Bertz CT molecular complexity index is 607. The number of carbonyl (C=O) groups is 2. The van der Waals surface area contributed by atoms with E-state index < -0.39 is 0 Å². The average Bonchev–Trinajstić information content (AvgIpc) is 2.80. The van der Waals surface area contributed by atoms with Crippen molar-refractivity contribution < 1.29 is 14.3 Å². The molecule has 1 atom stereocenters. The zero-order chi connectivity index (χ0) is 17.0. The van der Waals surface area contributed by atoms with E-state index in [9.17, 15) is 9.59 Å². The fourth-order valence-corrected chi connectivity index (χ4v) is 3.05. The standard InChI is InChI=1S/C18H23NO3S/c1-5-13(4)19-17(20)16(23-18(19)21)10-14-6-8-15(9-7-14)22-11-12(2)3/h6-10,12-13H,5,11H2,1-4H3/b16-10+/t13-/m1/s1. The molecule has 2 amide bonds. The van der Waals surface area contributed by atoms with Gasteiger partial charge in [-0.15, -0.1) is 0 Å². The van der Waals surface area contributed by atoms with Gasteiger partial charge in [-0.3, -0.25) is 14.5 Å². The monoisotopic (exact) mass is 333 g/mol. The molecule has 1 aromatic carbocycles. The number of amides is 2. The van der Waals surface area contributed by atoms with Gasteiger partial charge >= 0.3 is 0 Å². The van der Waals surface area contributed by atoms with Crippen LogP contribution in [0.1, 0.15) is 39.7 Å². The van der Waals surface area contributed by atoms with Gasteiger partial charge in [0.2, 0.25) is 0 Å². The van der Waals surface area contributed by atoms with Crippen molar-refractivity contribution in [1.82, 2.24) is 4.90 Å². The maximum atomic E-state index is 12.4. The minimum atomic E-state index is -0.200. The topological polar surface area (TPSA) is 46.6 Å². The van der Waals surface area contributed by atoms with Crippen molar-refractivity contribution in [1.29, 1.82) is 0 Å². The first-order valence-corrected chi connectivity index (χ1v) is 8.74. The SMILES string of the molecule is CC[C@@H](C)N1C(=O)S/C(=C/c2ccc(OCC(C)C)cc2)C1=O. The number of ether oxygens (including phenoxy) is 1. The van der Waals surface area contributed by atoms with E-state index in [0.29, 0.717) is 17.4 Å². The zero-order valence-electron chi connectivity index (χ0n) is 14.0. The van der Waals surface area contributed by atoms with E-state index in [2.05, 4.69) is 13.8 Å². The Labute approximate surface area is 141 Å². The van der Waals surface area contributed by atoms with Gasteiger partial charge < -0.3 is 4.74 Å². The van der Waals surface area contributed by atoms with Gasteiger partial charge in [-0.1, -0.05) is 32.9 Å². The van der Waals surface area contributed by atoms with Crippen molar-refractivity contribution in [2.75, 3.05) is 6.61 Å². The fraction of sp³-hybridized carbons (Fsp3) is 0.444. The Balaban J connectivity index is 2.10. The van der Waals surface area contributed by atoms with Crippen LogP contribution in [0.5, 0.6) is 5.75 Å². The molecule has 0 aliphatic carbocycles. The van der Waals surface area contributed by atoms with Gasteiger partial charge in [0, 0.05) is 6.04 Å². The summed E-state index contributed by atoms with van der Waals surface area (Å²) in [4.78, 5) is 26.2. The lowest BCUT2D eigenvalue weighted by molar-refractivity contribution is -0.124. The molecule has 0 unspecified atom stereocenters. The Morgan fingerprint density at radius 1 is 1.17 bits per heavy atom. The number of carbonyl (C=O) groups excluding carboxylic acids is 2. The number of nitrogens with zero attached hydrogens (tertiary/aromatic N) is 1. The number of imide groups is 1. The maximum Gasteiger partial charge on any atom is 0.293 e. The summed E-state index contributed by atoms with van der Waals surface area (Å²) in [5.41, 5.74) is 0.886. The quantitative estimate of drug-likeness (QED) is 0.716. The van der Waals surface area contributed by atoms with Crippen molar-refractivity contribution in [3.63, 3.8) is 0 Å². The molecule has 0 bridgehead atoms. The molecule has 0 spiro atoms. The van der Waals surface area contributed by atoms with Crippen LogP contribution in [0.4, 0.5) is 4.79 Å². The lowest BCUT2D eigenvalue weighted by atomic mass is 10.2. The third-order valence-electron chi connectivity index (χ3n) is 3.62. The minimum absolute atomic E-state index is 0.0693. The first kappa shape index (κ1) is 17.6. The van der Waals surface area contributed by atoms with E-state index in [-0.39, 0.29) is 17.2 Å². The highest BCUT2D eigenvalue weighted by atomic mass is 32.2. The summed E-state index contributed by atoms with van der Waals surface area (Å²) in [6.45, 7) is 8.73. The Morgan fingerprint density at radius 3 is 2.39 bits per heavy atom. The predicted molar refractivity (Wildman–Crippen MR) is 94.3 cm³/mol. The van der Waals surface area contributed by atoms with Gasteiger partial charge in [0.25, 0.3) is 11.1 Å². The summed E-state index contributed by atoms with van der Waals surface area (Å²) in [6.07, 6.45) is 2.52. The molecular weight excluding hydrogens is 310 g/mol. The van der Waals surface area contributed by atoms with Gasteiger partial charge in [-0.05, 0) is 54.8 Å². The van der Waals surface area contributed by atoms with E-state index in [4.69, 9.17) is 4.74 Å². The Kier molecular flexibility index (Phi) is 5.88. The maximum absolute atomic E-state index is 12.4. The molecule has 0 N–H and O–H groups in total. The summed E-state index contributed by atoms with van der Waals surface area (Å²) >= 11 is 1.01. The van der Waals surface area contributed by atoms with Gasteiger partial charge in [0.1, 0.15) is 5.75 Å². The highest BCUT2D eigenvalue weighted by molar-refractivity contribution is 8.18. The molecule has 1 aromatic rings. The molecule has 2 rings (SSSR count). The second-order valence-corrected chi connectivity index (χ2v) is 7.08. The van der Waals surface area contributed by atoms with Crippen LogP contribution in [0, 0.1) is 5.92 Å². The molecule has 0 saturated carbocycles. The molecule has 1 fully saturated rings. The van der Waals surface area contributed by atoms with Crippen molar-refractivity contribution in [2.45, 2.75) is 40.2 Å². The summed E-state index contributed by atoms with van der Waals surface area (Å²) in [7, 11) is 0. The largest absolute Gasteiger partial charge is 0.493 e. The molecule has 124 valence electrons. The van der Waals surface area contributed by atoms with Crippen LogP contribution >= 0.6 is 11.8 Å². The third-order valence-corrected chi connectivity index (χ3v) is 4.50. The van der Waals surface area contributed by atoms with Crippen molar-refractivity contribution in [3.05, 3.63) is 34.7 Å². The van der Waals surface area contributed by atoms with Gasteiger partial charge in [-0.25, -0.2) is 0 Å². The molecule has 1 aliphatic heterocycles. The van der Waals surface area contributed by atoms with Crippen LogP contribution < -0.4 is 4.74 Å². The molecular formula is C18H23NO3S. The predicted octanol–water partition coefficient (Wildman–Crippen LogP) is 4.56. The first-order valence-electron chi connectivity index (χ1n) is 7.92. The van der Waals surface area contributed by atoms with E-state index in [1.54, 1.807) is 6.08 Å². The van der Waals surface area contributed by atoms with Gasteiger partial charge in [0.05, 0.1) is 11.5 Å². The molecule has 4 nitrogen and oxygen atoms in total. The molecule has 5 heteroatoms. The lowest BCUT2D eigenvalue weighted by Crippen LogP contribution is -2.36. The fourth-order valence-electron chi connectivity index (χ4n) is 2.12. The summed E-state index contributed by atoms with van der Waals surface area (Å²) in [5, 5.41) is -0.188. The van der Waals surface area contributed by atoms with Crippen molar-refractivity contribution in [3.8, 4) is 5.75 Å². The van der Waals surface area contributed by atoms with Crippen LogP contribution in [-0.4, -0.2) is 28.7 Å². The van der Waals surface area contributed by atoms with Crippen LogP contribution in [0.3, 0.4) is 0 Å². The Morgan fingerprint density at radius 2 is 1.83 bits per heavy atom. The summed E-state index contributed by atoms with van der Waals surface area (Å²) in [6, 6.07) is 7.49. The van der Waals surface area contributed by atoms with Crippen LogP contribution in [0.15, 0.2) is 29.2 Å². The molecule has 1 heterocycles. The molecule has 23 heavy (non-hydrogen) atoms. The molecule has 0 aromatic heterocycles. The molecule has 1 aliphatic rings. The van der Waals surface area contributed by atoms with Gasteiger partial charge in [0.15, 0.2) is 0 Å². The third kappa shape index (κ3) is 4.38. The number of thioether (sulfide) groups is 1. The normalized spacial score (nSPS) is 18.1. The van der Waals surface area contributed by atoms with Crippen LogP contribution in [0.2, 0.25) is 0 Å². The highest BCUT2D eigenvalue weighted by Gasteiger charge is 2.37. The smallest absolute Gasteiger partial charge is 0.293 e. The second kappa shape index (κ2) is 7.68. The van der Waals surface area contributed by atoms with E-state index in [1.807, 2.05) is 38.1 Å². The second-order valence-electron chi connectivity index (χ2n) is 6.08. The van der Waals surface area contributed by atoms with Crippen molar-refractivity contribution >= 4 is 29.0 Å². The van der Waals surface area contributed by atoms with E-state index >= 15 is 0 Å². The molecule has 1 saturated heterocycles. The molecule has 0 radical (unpaired) electrons. The number of hydrogen-bond acceptors (Lipinski definition) is 4. The van der Waals surface area contributed by atoms with E-state index in [0.717, 1.165) is 29.5 Å². The lowest BCUT2D eigenvalue weighted by Gasteiger charge is -2.19. The number of hydrogen-bond donors (Lipinski definition) is 0. The van der Waals surface area contributed by atoms with Crippen molar-refractivity contribution in [2.24, 2.45) is 5.92 Å². The Hall–Kier alpha value is -1.75. The van der Waals surface area contributed by atoms with Crippen LogP contribution in [0.25, 0.3) is 6.08 Å². The number of benzene rings is 1. The highest BCUT2D eigenvalue weighted by Crippen LogP contribution is 2.34. The first-order chi connectivity index (χ1) is 10.9. The number of rotatable bonds is 6. The van der Waals surface area contributed by atoms with E-state index in [1.165, 1.54) is 4.90 Å². The minimum Gasteiger partial charge on any atom is -0.493 e. The summed E-state index contributed by atoms with van der Waals surface area (Å²) in [5.74, 6) is 1.08. The zero-order valence-corrected chi connectivity index (χ0v) is 14.9. The summed E-state index contributed by atoms with van der Waals surface area (Å²) < 4.78 is 5.64. The van der Waals surface area contributed by atoms with Crippen LogP contribution in [-0.2, 0) is 4.79 Å². The average molecular weight is 333 g/mol. The van der Waals surface area contributed by atoms with Gasteiger partial charge in [-0.2, -0.15) is 0 Å².